The van der Waals surface area contributed by atoms with Gasteiger partial charge in [0.05, 0.1) is 5.02 Å². The monoisotopic (exact) mass is 268 g/mol. The molecule has 94 valence electrons. The van der Waals surface area contributed by atoms with Crippen LogP contribution in [-0.4, -0.2) is 0 Å². The summed E-state index contributed by atoms with van der Waals surface area (Å²) in [6.07, 6.45) is 0. The molecule has 3 aromatic rings. The first-order chi connectivity index (χ1) is 9.33. The lowest BCUT2D eigenvalue weighted by molar-refractivity contribution is 0.295. The minimum Gasteiger partial charge on any atom is -0.489 e. The van der Waals surface area contributed by atoms with Gasteiger partial charge in [-0.3, -0.25) is 0 Å². The van der Waals surface area contributed by atoms with Crippen LogP contribution in [0.4, 0.5) is 0 Å². The fourth-order valence-corrected chi connectivity index (χ4v) is 2.25. The summed E-state index contributed by atoms with van der Waals surface area (Å²) in [5.74, 6) is 0.870. The number of rotatable bonds is 0. The summed E-state index contributed by atoms with van der Waals surface area (Å²) < 4.78 is 5.18. The van der Waals surface area contributed by atoms with Crippen molar-refractivity contribution in [1.82, 2.24) is 0 Å². The molecule has 2 bridgehead atoms. The average Bonchev–Trinajstić information content (AvgIpc) is 2.49. The molecule has 0 aromatic heterocycles. The molecule has 5 rings (SSSR count). The van der Waals surface area contributed by atoms with Crippen molar-refractivity contribution < 1.29 is 4.74 Å². The van der Waals surface area contributed by atoms with Crippen LogP contribution in [0.25, 0.3) is 10.8 Å². The third-order valence-corrected chi connectivity index (χ3v) is 3.43. The van der Waals surface area contributed by atoms with Gasteiger partial charge >= 0.3 is 0 Å². The Morgan fingerprint density at radius 2 is 1.37 bits per heavy atom. The van der Waals surface area contributed by atoms with Crippen molar-refractivity contribution in [1.29, 1.82) is 0 Å². The zero-order chi connectivity index (χ0) is 13.1. The van der Waals surface area contributed by atoms with Crippen molar-refractivity contribution >= 4 is 22.4 Å². The Bertz CT molecular complexity index is 641. The van der Waals surface area contributed by atoms with E-state index in [0.717, 1.165) is 16.3 Å². The SMILES string of the molecule is Clc1cc2ccc1CO2.c1ccc2ccccc2c1. The number of hydrogen-bond acceptors (Lipinski definition) is 1. The first kappa shape index (κ1) is 12.1. The molecule has 0 spiro atoms. The number of halogens is 1. The minimum atomic E-state index is 0.640. The van der Waals surface area contributed by atoms with Crippen molar-refractivity contribution in [2.75, 3.05) is 0 Å². The highest BCUT2D eigenvalue weighted by Gasteiger charge is 2.08. The highest BCUT2D eigenvalue weighted by molar-refractivity contribution is 6.31. The van der Waals surface area contributed by atoms with Crippen molar-refractivity contribution in [2.45, 2.75) is 6.61 Å². The quantitative estimate of drug-likeness (QED) is 0.553. The minimum absolute atomic E-state index is 0.640. The molecule has 2 heteroatoms. The van der Waals surface area contributed by atoms with E-state index < -0.39 is 0 Å². The molecule has 0 N–H and O–H groups in total. The Balaban J connectivity index is 0.000000117. The second-order valence-electron chi connectivity index (χ2n) is 4.39. The van der Waals surface area contributed by atoms with Gasteiger partial charge in [0.25, 0.3) is 0 Å². The van der Waals surface area contributed by atoms with E-state index in [1.165, 1.54) is 10.8 Å². The van der Waals surface area contributed by atoms with Crippen LogP contribution in [0, 0.1) is 0 Å². The fourth-order valence-electron chi connectivity index (χ4n) is 2.03. The van der Waals surface area contributed by atoms with Gasteiger partial charge in [0, 0.05) is 5.56 Å². The molecule has 0 radical (unpaired) electrons. The van der Waals surface area contributed by atoms with E-state index in [0.29, 0.717) is 6.61 Å². The average molecular weight is 269 g/mol. The first-order valence-corrected chi connectivity index (χ1v) is 6.56. The van der Waals surface area contributed by atoms with Crippen LogP contribution < -0.4 is 4.74 Å². The lowest BCUT2D eigenvalue weighted by atomic mass is 10.1. The molecule has 0 amide bonds. The van der Waals surface area contributed by atoms with E-state index in [4.69, 9.17) is 16.3 Å². The van der Waals surface area contributed by atoms with E-state index in [1.807, 2.05) is 18.2 Å². The second kappa shape index (κ2) is 5.33. The predicted molar refractivity (Wildman–Crippen MR) is 79.7 cm³/mol. The van der Waals surface area contributed by atoms with Crippen LogP contribution in [0.15, 0.2) is 66.7 Å². The second-order valence-corrected chi connectivity index (χ2v) is 4.80. The van der Waals surface area contributed by atoms with Gasteiger partial charge in [-0.1, -0.05) is 66.2 Å². The summed E-state index contributed by atoms with van der Waals surface area (Å²) in [4.78, 5) is 0. The van der Waals surface area contributed by atoms with E-state index in [9.17, 15) is 0 Å². The Hall–Kier alpha value is -1.99. The maximum Gasteiger partial charge on any atom is 0.121 e. The summed E-state index contributed by atoms with van der Waals surface area (Å²) in [7, 11) is 0. The molecular formula is C17H13ClO. The molecule has 0 aliphatic carbocycles. The number of fused-ring (bicyclic) bond motifs is 4. The summed E-state index contributed by atoms with van der Waals surface area (Å²) in [5, 5.41) is 3.44. The molecule has 2 aliphatic rings. The van der Waals surface area contributed by atoms with E-state index in [2.05, 4.69) is 48.5 Å². The van der Waals surface area contributed by atoms with Crippen LogP contribution in [0.2, 0.25) is 5.02 Å². The molecule has 2 heterocycles. The van der Waals surface area contributed by atoms with Gasteiger partial charge in [-0.2, -0.15) is 0 Å². The lowest BCUT2D eigenvalue weighted by Gasteiger charge is -2.14. The van der Waals surface area contributed by atoms with Crippen molar-refractivity contribution in [3.05, 3.63) is 77.3 Å². The zero-order valence-corrected chi connectivity index (χ0v) is 11.1. The van der Waals surface area contributed by atoms with Crippen molar-refractivity contribution in [3.63, 3.8) is 0 Å². The molecule has 0 saturated heterocycles. The van der Waals surface area contributed by atoms with Gasteiger partial charge in [0.1, 0.15) is 12.4 Å². The standard InChI is InChI=1S/C10H8.C7H5ClO/c1-2-6-10-8-4-3-7-9(10)5-1;8-7-3-6-2-1-5(7)4-9-6/h1-8H;1-3H,4H2. The molecule has 0 saturated carbocycles. The third kappa shape index (κ3) is 2.72. The van der Waals surface area contributed by atoms with Gasteiger partial charge in [-0.05, 0) is 22.9 Å². The summed E-state index contributed by atoms with van der Waals surface area (Å²) in [6, 6.07) is 22.5. The van der Waals surface area contributed by atoms with Crippen molar-refractivity contribution in [2.24, 2.45) is 0 Å². The fraction of sp³-hybridized carbons (Fsp3) is 0.0588. The molecule has 2 aliphatic heterocycles. The molecule has 0 unspecified atom stereocenters. The topological polar surface area (TPSA) is 9.23 Å². The van der Waals surface area contributed by atoms with Crippen LogP contribution in [0.5, 0.6) is 5.75 Å². The van der Waals surface area contributed by atoms with Gasteiger partial charge < -0.3 is 4.74 Å². The predicted octanol–water partition coefficient (Wildman–Crippen LogP) is 5.07. The van der Waals surface area contributed by atoms with Gasteiger partial charge in [0.15, 0.2) is 0 Å². The summed E-state index contributed by atoms with van der Waals surface area (Å²) in [5.41, 5.74) is 1.08. The van der Waals surface area contributed by atoms with Crippen LogP contribution in [0.3, 0.4) is 0 Å². The van der Waals surface area contributed by atoms with Gasteiger partial charge in [0.2, 0.25) is 0 Å². The zero-order valence-electron chi connectivity index (χ0n) is 10.3. The Morgan fingerprint density at radius 1 is 0.789 bits per heavy atom. The maximum absolute atomic E-state index is 5.79. The summed E-state index contributed by atoms with van der Waals surface area (Å²) >= 11 is 5.79. The maximum atomic E-state index is 5.79. The van der Waals surface area contributed by atoms with Crippen LogP contribution in [0.1, 0.15) is 5.56 Å². The smallest absolute Gasteiger partial charge is 0.121 e. The van der Waals surface area contributed by atoms with Gasteiger partial charge in [-0.15, -0.1) is 0 Å². The Morgan fingerprint density at radius 3 is 1.63 bits per heavy atom. The molecule has 3 aromatic carbocycles. The van der Waals surface area contributed by atoms with Gasteiger partial charge in [-0.25, -0.2) is 0 Å². The number of benzene rings is 3. The largest absolute Gasteiger partial charge is 0.489 e. The van der Waals surface area contributed by atoms with E-state index in [1.54, 1.807) is 0 Å². The lowest BCUT2D eigenvalue weighted by Crippen LogP contribution is -2.02. The number of ether oxygens (including phenoxy) is 1. The van der Waals surface area contributed by atoms with E-state index in [-0.39, 0.29) is 0 Å². The number of hydrogen-bond donors (Lipinski definition) is 0. The highest BCUT2D eigenvalue weighted by atomic mass is 35.5. The molecular weight excluding hydrogens is 256 g/mol. The normalized spacial score (nSPS) is 11.6. The molecule has 0 atom stereocenters. The molecule has 0 fully saturated rings. The van der Waals surface area contributed by atoms with Crippen molar-refractivity contribution in [3.8, 4) is 5.75 Å². The molecule has 19 heavy (non-hydrogen) atoms. The first-order valence-electron chi connectivity index (χ1n) is 6.18. The van der Waals surface area contributed by atoms with Crippen LogP contribution >= 0.6 is 11.6 Å². The third-order valence-electron chi connectivity index (χ3n) is 3.08. The Labute approximate surface area is 117 Å². The Kier molecular flexibility index (Phi) is 3.39. The van der Waals surface area contributed by atoms with E-state index >= 15 is 0 Å². The summed E-state index contributed by atoms with van der Waals surface area (Å²) in [6.45, 7) is 0.640. The van der Waals surface area contributed by atoms with Crippen LogP contribution in [-0.2, 0) is 6.61 Å². The highest BCUT2D eigenvalue weighted by Crippen LogP contribution is 2.28. The molecule has 1 nitrogen and oxygen atoms in total.